The minimum atomic E-state index is -3.41. The Labute approximate surface area is 182 Å². The number of thiophene rings is 1. The zero-order chi connectivity index (χ0) is 19.9. The molecular formula is C17H17Br2N4O3S2+. The summed E-state index contributed by atoms with van der Waals surface area (Å²) in [6.07, 6.45) is 0. The highest BCUT2D eigenvalue weighted by molar-refractivity contribution is 9.11. The van der Waals surface area contributed by atoms with E-state index >= 15 is 0 Å². The molecule has 0 unspecified atom stereocenters. The predicted octanol–water partition coefficient (Wildman–Crippen LogP) is 1.60. The van der Waals surface area contributed by atoms with Gasteiger partial charge in [0, 0.05) is 8.95 Å². The van der Waals surface area contributed by atoms with Crippen molar-refractivity contribution in [2.24, 2.45) is 0 Å². The van der Waals surface area contributed by atoms with E-state index in [4.69, 9.17) is 0 Å². The Hall–Kier alpha value is -1.11. The molecule has 0 atom stereocenters. The molecule has 0 amide bonds. The van der Waals surface area contributed by atoms with Gasteiger partial charge in [0.15, 0.2) is 5.82 Å². The van der Waals surface area contributed by atoms with Crippen LogP contribution in [0.15, 0.2) is 47.6 Å². The van der Waals surface area contributed by atoms with Gasteiger partial charge in [0.2, 0.25) is 0 Å². The number of benzene rings is 1. The van der Waals surface area contributed by atoms with E-state index < -0.39 is 10.0 Å². The number of quaternary nitrogens is 1. The molecule has 1 aliphatic heterocycles. The van der Waals surface area contributed by atoms with E-state index in [9.17, 15) is 13.2 Å². The van der Waals surface area contributed by atoms with Crippen LogP contribution in [-0.4, -0.2) is 48.9 Å². The van der Waals surface area contributed by atoms with Crippen LogP contribution in [-0.2, 0) is 16.6 Å². The SMILES string of the molecule is O=c1[nH]c(C[NH+]2CCN(S(=O)(=O)c3cccs3)CC2)nc2c(Br)cc(Br)cc12. The van der Waals surface area contributed by atoms with Gasteiger partial charge >= 0.3 is 0 Å². The molecule has 0 spiro atoms. The molecule has 148 valence electrons. The van der Waals surface area contributed by atoms with Crippen LogP contribution in [0.1, 0.15) is 5.82 Å². The number of hydrogen-bond acceptors (Lipinski definition) is 5. The molecule has 2 aromatic heterocycles. The number of rotatable bonds is 4. The van der Waals surface area contributed by atoms with Gasteiger partial charge in [-0.2, -0.15) is 4.31 Å². The first-order valence-electron chi connectivity index (χ1n) is 8.60. The molecule has 0 aliphatic carbocycles. The van der Waals surface area contributed by atoms with Crippen LogP contribution in [0.4, 0.5) is 0 Å². The summed E-state index contributed by atoms with van der Waals surface area (Å²) in [5.41, 5.74) is 0.445. The Balaban J connectivity index is 1.49. The van der Waals surface area contributed by atoms with Crippen molar-refractivity contribution in [1.82, 2.24) is 14.3 Å². The molecule has 7 nitrogen and oxygen atoms in total. The Kier molecular flexibility index (Phi) is 5.73. The Bertz CT molecular complexity index is 1170. The van der Waals surface area contributed by atoms with Crippen molar-refractivity contribution < 1.29 is 13.3 Å². The smallest absolute Gasteiger partial charge is 0.259 e. The largest absolute Gasteiger partial charge is 0.326 e. The van der Waals surface area contributed by atoms with Crippen molar-refractivity contribution in [1.29, 1.82) is 0 Å². The minimum Gasteiger partial charge on any atom is -0.326 e. The maximum absolute atomic E-state index is 12.6. The zero-order valence-corrected chi connectivity index (χ0v) is 19.4. The van der Waals surface area contributed by atoms with E-state index in [1.165, 1.54) is 20.5 Å². The standard InChI is InChI=1S/C17H16Br2N4O3S2/c18-11-8-12-16(13(19)9-11)20-14(21-17(12)24)10-22-3-5-23(6-4-22)28(25,26)15-2-1-7-27-15/h1-2,7-9H,3-6,10H2,(H,20,21,24)/p+1. The third-order valence-electron chi connectivity index (χ3n) is 4.71. The van der Waals surface area contributed by atoms with Gasteiger partial charge in [-0.3, -0.25) is 4.79 Å². The van der Waals surface area contributed by atoms with Crippen molar-refractivity contribution in [2.45, 2.75) is 10.8 Å². The molecule has 4 rings (SSSR count). The molecule has 1 aliphatic rings. The van der Waals surface area contributed by atoms with Crippen LogP contribution < -0.4 is 10.5 Å². The number of H-pyrrole nitrogens is 1. The average Bonchev–Trinajstić information content (AvgIpc) is 3.19. The normalized spacial score (nSPS) is 16.6. The first-order valence-corrected chi connectivity index (χ1v) is 12.5. The molecule has 2 N–H and O–H groups in total. The second-order valence-electron chi connectivity index (χ2n) is 6.56. The van der Waals surface area contributed by atoms with E-state index in [-0.39, 0.29) is 5.56 Å². The molecule has 1 fully saturated rings. The fourth-order valence-corrected chi connectivity index (χ4v) is 7.19. The molecule has 11 heteroatoms. The number of sulfonamides is 1. The summed E-state index contributed by atoms with van der Waals surface area (Å²) in [6, 6.07) is 6.99. The predicted molar refractivity (Wildman–Crippen MR) is 115 cm³/mol. The molecule has 0 bridgehead atoms. The lowest BCUT2D eigenvalue weighted by Gasteiger charge is -2.30. The molecule has 1 aromatic carbocycles. The molecule has 0 radical (unpaired) electrons. The van der Waals surface area contributed by atoms with Crippen molar-refractivity contribution in [3.63, 3.8) is 0 Å². The summed E-state index contributed by atoms with van der Waals surface area (Å²) in [4.78, 5) is 21.1. The number of halogens is 2. The fourth-order valence-electron chi connectivity index (χ4n) is 3.29. The molecule has 0 saturated carbocycles. The van der Waals surface area contributed by atoms with Gasteiger partial charge in [-0.1, -0.05) is 22.0 Å². The minimum absolute atomic E-state index is 0.180. The Morgan fingerprint density at radius 2 is 2.00 bits per heavy atom. The summed E-state index contributed by atoms with van der Waals surface area (Å²) >= 11 is 8.09. The molecule has 3 aromatic rings. The number of nitrogens with zero attached hydrogens (tertiary/aromatic N) is 2. The monoisotopic (exact) mass is 547 g/mol. The van der Waals surface area contributed by atoms with E-state index in [0.717, 1.165) is 8.95 Å². The summed E-state index contributed by atoms with van der Waals surface area (Å²) in [7, 11) is -3.41. The van der Waals surface area contributed by atoms with Crippen LogP contribution >= 0.6 is 43.2 Å². The third kappa shape index (κ3) is 3.96. The van der Waals surface area contributed by atoms with Gasteiger partial charge < -0.3 is 9.88 Å². The van der Waals surface area contributed by atoms with Crippen molar-refractivity contribution >= 4 is 64.1 Å². The quantitative estimate of drug-likeness (QED) is 0.518. The van der Waals surface area contributed by atoms with Gasteiger partial charge in [0.05, 0.1) is 37.1 Å². The first kappa shape index (κ1) is 20.2. The summed E-state index contributed by atoms with van der Waals surface area (Å²) in [6.45, 7) is 2.76. The maximum Gasteiger partial charge on any atom is 0.259 e. The maximum atomic E-state index is 12.6. The number of hydrogen-bond donors (Lipinski definition) is 2. The highest BCUT2D eigenvalue weighted by Crippen LogP contribution is 2.25. The number of piperazine rings is 1. The third-order valence-corrected chi connectivity index (χ3v) is 9.05. The van der Waals surface area contributed by atoms with Gasteiger partial charge in [0.25, 0.3) is 15.6 Å². The molecular weight excluding hydrogens is 532 g/mol. The van der Waals surface area contributed by atoms with E-state index in [2.05, 4.69) is 41.8 Å². The highest BCUT2D eigenvalue weighted by Gasteiger charge is 2.31. The van der Waals surface area contributed by atoms with Gasteiger partial charge in [-0.15, -0.1) is 11.3 Å². The van der Waals surface area contributed by atoms with Crippen molar-refractivity contribution in [3.05, 3.63) is 54.8 Å². The topological polar surface area (TPSA) is 87.6 Å². The number of fused-ring (bicyclic) bond motifs is 1. The van der Waals surface area contributed by atoms with Crippen LogP contribution in [0, 0.1) is 0 Å². The van der Waals surface area contributed by atoms with E-state index in [1.54, 1.807) is 23.6 Å². The lowest BCUT2D eigenvalue weighted by atomic mass is 10.2. The van der Waals surface area contributed by atoms with Crippen LogP contribution in [0.25, 0.3) is 10.9 Å². The molecule has 3 heterocycles. The molecule has 28 heavy (non-hydrogen) atoms. The lowest BCUT2D eigenvalue weighted by molar-refractivity contribution is -0.917. The lowest BCUT2D eigenvalue weighted by Crippen LogP contribution is -3.13. The Morgan fingerprint density at radius 1 is 1.25 bits per heavy atom. The van der Waals surface area contributed by atoms with Crippen molar-refractivity contribution in [2.75, 3.05) is 26.2 Å². The summed E-state index contributed by atoms with van der Waals surface area (Å²) in [5.74, 6) is 0.602. The second kappa shape index (κ2) is 7.96. The first-order chi connectivity index (χ1) is 13.3. The van der Waals surface area contributed by atoms with Crippen LogP contribution in [0.2, 0.25) is 0 Å². The van der Waals surface area contributed by atoms with Gasteiger partial charge in [0.1, 0.15) is 10.8 Å². The van der Waals surface area contributed by atoms with Crippen molar-refractivity contribution in [3.8, 4) is 0 Å². The number of aromatic nitrogens is 2. The van der Waals surface area contributed by atoms with Crippen LogP contribution in [0.3, 0.4) is 0 Å². The second-order valence-corrected chi connectivity index (χ2v) is 11.4. The number of nitrogens with one attached hydrogen (secondary N) is 2. The van der Waals surface area contributed by atoms with Gasteiger partial charge in [-0.25, -0.2) is 13.4 Å². The van der Waals surface area contributed by atoms with Gasteiger partial charge in [-0.05, 0) is 39.5 Å². The van der Waals surface area contributed by atoms with Crippen LogP contribution in [0.5, 0.6) is 0 Å². The Morgan fingerprint density at radius 3 is 2.68 bits per heavy atom. The average molecular weight is 549 g/mol. The van der Waals surface area contributed by atoms with E-state index in [0.29, 0.717) is 53.7 Å². The highest BCUT2D eigenvalue weighted by atomic mass is 79.9. The zero-order valence-electron chi connectivity index (χ0n) is 14.6. The summed E-state index contributed by atoms with van der Waals surface area (Å²) in [5, 5.41) is 2.29. The fraction of sp³-hybridized carbons (Fsp3) is 0.294. The number of aromatic amines is 1. The molecule has 1 saturated heterocycles. The van der Waals surface area contributed by atoms with E-state index in [1.807, 2.05) is 6.07 Å². The summed E-state index contributed by atoms with van der Waals surface area (Å²) < 4.78 is 28.7.